The van der Waals surface area contributed by atoms with E-state index in [0.717, 1.165) is 25.5 Å². The Morgan fingerprint density at radius 2 is 1.56 bits per heavy atom. The van der Waals surface area contributed by atoms with Crippen molar-refractivity contribution in [2.75, 3.05) is 10.8 Å². The monoisotopic (exact) mass is 709 g/mol. The van der Waals surface area contributed by atoms with Gasteiger partial charge in [0.2, 0.25) is 11.8 Å². The molecular weight excluding hydrogens is 674 g/mol. The lowest BCUT2D eigenvalue weighted by atomic mass is 10.0. The number of carbonyl (C=O) groups excluding carboxylic acids is 2. The van der Waals surface area contributed by atoms with Crippen molar-refractivity contribution >= 4 is 55.1 Å². The van der Waals surface area contributed by atoms with Gasteiger partial charge in [0.05, 0.1) is 10.6 Å². The molecular formula is C35H37BrClN3O4S. The van der Waals surface area contributed by atoms with Crippen molar-refractivity contribution in [3.05, 3.63) is 129 Å². The van der Waals surface area contributed by atoms with Crippen molar-refractivity contribution in [3.63, 3.8) is 0 Å². The minimum absolute atomic E-state index is 0.0368. The SMILES string of the molecule is CC[C@@H](C)NC(=O)[C@@H](Cc1ccccc1)N(Cc1cccc(Br)c1)C(=O)CN(c1cccc(Cl)c1)S(=O)(=O)c1ccc(C)cc1. The van der Waals surface area contributed by atoms with E-state index >= 15 is 0 Å². The molecule has 7 nitrogen and oxygen atoms in total. The molecule has 0 aliphatic rings. The third kappa shape index (κ3) is 9.19. The van der Waals surface area contributed by atoms with Gasteiger partial charge in [0.25, 0.3) is 10.0 Å². The Labute approximate surface area is 279 Å². The Morgan fingerprint density at radius 1 is 0.889 bits per heavy atom. The minimum atomic E-state index is -4.20. The number of halogens is 2. The average molecular weight is 711 g/mol. The van der Waals surface area contributed by atoms with Gasteiger partial charge in [0.1, 0.15) is 12.6 Å². The number of aryl methyl sites for hydroxylation is 1. The summed E-state index contributed by atoms with van der Waals surface area (Å²) in [5, 5.41) is 3.37. The quantitative estimate of drug-likeness (QED) is 0.160. The van der Waals surface area contributed by atoms with Gasteiger partial charge < -0.3 is 10.2 Å². The molecule has 2 amide bonds. The Hall–Kier alpha value is -3.66. The van der Waals surface area contributed by atoms with Gasteiger partial charge in [-0.2, -0.15) is 0 Å². The summed E-state index contributed by atoms with van der Waals surface area (Å²) >= 11 is 9.80. The van der Waals surface area contributed by atoms with E-state index in [-0.39, 0.29) is 35.5 Å². The highest BCUT2D eigenvalue weighted by Gasteiger charge is 2.35. The van der Waals surface area contributed by atoms with Crippen molar-refractivity contribution < 1.29 is 18.0 Å². The number of nitrogens with one attached hydrogen (secondary N) is 1. The van der Waals surface area contributed by atoms with Gasteiger partial charge in [-0.15, -0.1) is 0 Å². The number of anilines is 1. The van der Waals surface area contributed by atoms with Crippen LogP contribution in [0.15, 0.2) is 112 Å². The standard InChI is InChI=1S/C35H37BrClN3O4S/c1-4-26(3)38-35(42)33(21-27-10-6-5-7-11-27)39(23-28-12-8-13-29(36)20-28)34(41)24-40(31-15-9-14-30(37)22-31)45(43,44)32-18-16-25(2)17-19-32/h5-20,22,26,33H,4,21,23-24H2,1-3H3,(H,38,42)/t26-,33-/m1/s1. The third-order valence-corrected chi connectivity index (χ3v) is 10.0. The molecule has 0 spiro atoms. The zero-order valence-electron chi connectivity index (χ0n) is 25.5. The molecule has 0 heterocycles. The minimum Gasteiger partial charge on any atom is -0.352 e. The summed E-state index contributed by atoms with van der Waals surface area (Å²) in [5.74, 6) is -0.849. The van der Waals surface area contributed by atoms with Gasteiger partial charge in [0, 0.05) is 28.5 Å². The second-order valence-corrected chi connectivity index (χ2v) is 14.2. The summed E-state index contributed by atoms with van der Waals surface area (Å²) in [7, 11) is -4.20. The summed E-state index contributed by atoms with van der Waals surface area (Å²) in [4.78, 5) is 29.9. The first kappa shape index (κ1) is 34.2. The van der Waals surface area contributed by atoms with Crippen molar-refractivity contribution in [2.45, 2.75) is 57.1 Å². The van der Waals surface area contributed by atoms with Crippen LogP contribution in [0.25, 0.3) is 0 Å². The molecule has 0 fully saturated rings. The van der Waals surface area contributed by atoms with E-state index in [1.807, 2.05) is 75.4 Å². The first-order chi connectivity index (χ1) is 21.5. The molecule has 10 heteroatoms. The fourth-order valence-corrected chi connectivity index (χ4v) is 6.86. The molecule has 0 aliphatic carbocycles. The van der Waals surface area contributed by atoms with E-state index in [2.05, 4.69) is 21.2 Å². The third-order valence-electron chi connectivity index (χ3n) is 7.50. The number of hydrogen-bond donors (Lipinski definition) is 1. The normalized spacial score (nSPS) is 12.6. The molecule has 4 aromatic rings. The van der Waals surface area contributed by atoms with Gasteiger partial charge in [-0.1, -0.05) is 101 Å². The van der Waals surface area contributed by atoms with E-state index in [1.165, 1.54) is 23.1 Å². The zero-order chi connectivity index (χ0) is 32.6. The maximum absolute atomic E-state index is 14.5. The molecule has 0 aliphatic heterocycles. The van der Waals surface area contributed by atoms with Crippen LogP contribution in [0.2, 0.25) is 5.02 Å². The van der Waals surface area contributed by atoms with Crippen LogP contribution in [-0.2, 0) is 32.6 Å². The molecule has 0 saturated heterocycles. The maximum Gasteiger partial charge on any atom is 0.264 e. The maximum atomic E-state index is 14.5. The van der Waals surface area contributed by atoms with Gasteiger partial charge in [0.15, 0.2) is 0 Å². The van der Waals surface area contributed by atoms with E-state index < -0.39 is 28.5 Å². The fourth-order valence-electron chi connectivity index (χ4n) is 4.82. The molecule has 0 saturated carbocycles. The summed E-state index contributed by atoms with van der Waals surface area (Å²) in [5.41, 5.74) is 2.79. The molecule has 4 rings (SSSR count). The van der Waals surface area contributed by atoms with E-state index in [9.17, 15) is 18.0 Å². The highest BCUT2D eigenvalue weighted by Crippen LogP contribution is 2.27. The van der Waals surface area contributed by atoms with E-state index in [4.69, 9.17) is 11.6 Å². The second-order valence-electron chi connectivity index (χ2n) is 11.0. The lowest BCUT2D eigenvalue weighted by Gasteiger charge is -2.34. The largest absolute Gasteiger partial charge is 0.352 e. The number of benzene rings is 4. The van der Waals surface area contributed by atoms with Crippen LogP contribution in [0.5, 0.6) is 0 Å². The predicted octanol–water partition coefficient (Wildman–Crippen LogP) is 7.16. The van der Waals surface area contributed by atoms with Crippen LogP contribution in [0.4, 0.5) is 5.69 Å². The van der Waals surface area contributed by atoms with Crippen molar-refractivity contribution in [1.82, 2.24) is 10.2 Å². The van der Waals surface area contributed by atoms with Crippen LogP contribution < -0.4 is 9.62 Å². The van der Waals surface area contributed by atoms with Gasteiger partial charge in [-0.3, -0.25) is 13.9 Å². The lowest BCUT2D eigenvalue weighted by molar-refractivity contribution is -0.140. The van der Waals surface area contributed by atoms with Crippen molar-refractivity contribution in [2.24, 2.45) is 0 Å². The summed E-state index contributed by atoms with van der Waals surface area (Å²) in [6.07, 6.45) is 0.950. The van der Waals surface area contributed by atoms with Gasteiger partial charge in [-0.05, 0) is 73.9 Å². The molecule has 2 atom stereocenters. The summed E-state index contributed by atoms with van der Waals surface area (Å²) in [6, 6.07) is 28.7. The first-order valence-corrected chi connectivity index (χ1v) is 17.3. The molecule has 1 N–H and O–H groups in total. The molecule has 0 unspecified atom stereocenters. The summed E-state index contributed by atoms with van der Waals surface area (Å²) in [6.45, 7) is 5.28. The number of rotatable bonds is 13. The number of nitrogens with zero attached hydrogens (tertiary/aromatic N) is 2. The Kier molecular flexibility index (Phi) is 11.8. The van der Waals surface area contributed by atoms with Crippen LogP contribution in [0.1, 0.15) is 37.0 Å². The molecule has 4 aromatic carbocycles. The number of sulfonamides is 1. The van der Waals surface area contributed by atoms with E-state index in [1.54, 1.807) is 30.3 Å². The molecule has 0 bridgehead atoms. The Bertz CT molecular complexity index is 1720. The highest BCUT2D eigenvalue weighted by atomic mass is 79.9. The van der Waals surface area contributed by atoms with Crippen molar-refractivity contribution in [3.8, 4) is 0 Å². The molecule has 0 aromatic heterocycles. The molecule has 0 radical (unpaired) electrons. The predicted molar refractivity (Wildman–Crippen MR) is 184 cm³/mol. The van der Waals surface area contributed by atoms with Crippen LogP contribution >= 0.6 is 27.5 Å². The van der Waals surface area contributed by atoms with Gasteiger partial charge >= 0.3 is 0 Å². The summed E-state index contributed by atoms with van der Waals surface area (Å²) < 4.78 is 30.1. The first-order valence-electron chi connectivity index (χ1n) is 14.7. The van der Waals surface area contributed by atoms with Gasteiger partial charge in [-0.25, -0.2) is 8.42 Å². The Balaban J connectivity index is 1.81. The molecule has 236 valence electrons. The average Bonchev–Trinajstić information content (AvgIpc) is 3.02. The fraction of sp³-hybridized carbons (Fsp3) is 0.257. The van der Waals surface area contributed by atoms with Crippen LogP contribution in [0.3, 0.4) is 0 Å². The second kappa shape index (κ2) is 15.6. The van der Waals surface area contributed by atoms with Crippen LogP contribution in [-0.4, -0.2) is 43.8 Å². The lowest BCUT2D eigenvalue weighted by Crippen LogP contribution is -2.54. The number of hydrogen-bond acceptors (Lipinski definition) is 4. The highest BCUT2D eigenvalue weighted by molar-refractivity contribution is 9.10. The number of carbonyl (C=O) groups is 2. The van der Waals surface area contributed by atoms with Crippen LogP contribution in [0, 0.1) is 6.92 Å². The molecule has 45 heavy (non-hydrogen) atoms. The topological polar surface area (TPSA) is 86.8 Å². The Morgan fingerprint density at radius 3 is 2.20 bits per heavy atom. The van der Waals surface area contributed by atoms with Crippen molar-refractivity contribution in [1.29, 1.82) is 0 Å². The number of amides is 2. The zero-order valence-corrected chi connectivity index (χ0v) is 28.6. The van der Waals surface area contributed by atoms with E-state index in [0.29, 0.717) is 11.4 Å². The smallest absolute Gasteiger partial charge is 0.264 e.